The van der Waals surface area contributed by atoms with E-state index >= 15 is 0 Å². The number of ether oxygens (including phenoxy) is 1. The molecule has 2 unspecified atom stereocenters. The highest BCUT2D eigenvalue weighted by Crippen LogP contribution is 2.21. The number of hydrogen-bond donors (Lipinski definition) is 3. The Balaban J connectivity index is 2.54. The second kappa shape index (κ2) is 8.08. The van der Waals surface area contributed by atoms with Gasteiger partial charge in [0.25, 0.3) is 0 Å². The van der Waals surface area contributed by atoms with Crippen LogP contribution in [0.4, 0.5) is 0 Å². The fourth-order valence-electron chi connectivity index (χ4n) is 1.75. The molecule has 0 saturated carbocycles. The highest BCUT2D eigenvalue weighted by molar-refractivity contribution is 5.29. The van der Waals surface area contributed by atoms with Crippen molar-refractivity contribution in [1.82, 2.24) is 0 Å². The molecule has 1 aromatic rings. The van der Waals surface area contributed by atoms with Crippen LogP contribution in [0, 0.1) is 0 Å². The summed E-state index contributed by atoms with van der Waals surface area (Å²) in [6.07, 6.45) is 1.20. The van der Waals surface area contributed by atoms with E-state index < -0.39 is 12.2 Å². The lowest BCUT2D eigenvalue weighted by Crippen LogP contribution is -2.17. The van der Waals surface area contributed by atoms with E-state index in [1.54, 1.807) is 6.07 Å². The molecule has 0 amide bonds. The highest BCUT2D eigenvalue weighted by Gasteiger charge is 2.08. The van der Waals surface area contributed by atoms with Gasteiger partial charge in [0.2, 0.25) is 0 Å². The summed E-state index contributed by atoms with van der Waals surface area (Å²) >= 11 is 0. The van der Waals surface area contributed by atoms with Crippen LogP contribution in [0.2, 0.25) is 0 Å². The minimum absolute atomic E-state index is 0.282. The molecule has 18 heavy (non-hydrogen) atoms. The molecule has 0 heterocycles. The molecule has 0 radical (unpaired) electrons. The third-order valence-electron chi connectivity index (χ3n) is 2.75. The Kier molecular flexibility index (Phi) is 6.72. The molecule has 4 N–H and O–H groups in total. The van der Waals surface area contributed by atoms with Crippen molar-refractivity contribution in [3.8, 4) is 5.75 Å². The first-order valence-corrected chi connectivity index (χ1v) is 6.46. The number of rotatable bonds is 8. The normalized spacial score (nSPS) is 14.2. The van der Waals surface area contributed by atoms with Crippen LogP contribution in [0.25, 0.3) is 0 Å². The van der Waals surface area contributed by atoms with Crippen molar-refractivity contribution >= 4 is 0 Å². The molecule has 0 aliphatic heterocycles. The Bertz CT molecular complexity index is 344. The third kappa shape index (κ3) is 5.04. The topological polar surface area (TPSA) is 75.7 Å². The zero-order valence-electron chi connectivity index (χ0n) is 10.9. The first kappa shape index (κ1) is 15.0. The Morgan fingerprint density at radius 1 is 1.28 bits per heavy atom. The Hall–Kier alpha value is -1.10. The number of benzene rings is 1. The maximum Gasteiger partial charge on any atom is 0.119 e. The quantitative estimate of drug-likeness (QED) is 0.658. The van der Waals surface area contributed by atoms with Crippen molar-refractivity contribution in [2.24, 2.45) is 5.73 Å². The molecule has 0 saturated heterocycles. The van der Waals surface area contributed by atoms with Crippen molar-refractivity contribution in [3.05, 3.63) is 29.8 Å². The van der Waals surface area contributed by atoms with Gasteiger partial charge >= 0.3 is 0 Å². The number of aliphatic hydroxyl groups excluding tert-OH is 2. The van der Waals surface area contributed by atoms with Gasteiger partial charge in [-0.1, -0.05) is 25.5 Å². The van der Waals surface area contributed by atoms with Crippen LogP contribution in [0.3, 0.4) is 0 Å². The number of aliphatic hydroxyl groups is 2. The van der Waals surface area contributed by atoms with Gasteiger partial charge in [-0.25, -0.2) is 0 Å². The van der Waals surface area contributed by atoms with Gasteiger partial charge in [-0.15, -0.1) is 0 Å². The van der Waals surface area contributed by atoms with Crippen LogP contribution < -0.4 is 10.5 Å². The van der Waals surface area contributed by atoms with Crippen molar-refractivity contribution in [1.29, 1.82) is 0 Å². The molecule has 4 heteroatoms. The van der Waals surface area contributed by atoms with Gasteiger partial charge < -0.3 is 20.7 Å². The van der Waals surface area contributed by atoms with Gasteiger partial charge in [-0.05, 0) is 37.1 Å². The minimum atomic E-state index is -0.556. The average Bonchev–Trinajstić information content (AvgIpc) is 2.37. The average molecular weight is 253 g/mol. The summed E-state index contributed by atoms with van der Waals surface area (Å²) in [5.41, 5.74) is 6.21. The smallest absolute Gasteiger partial charge is 0.119 e. The Morgan fingerprint density at radius 2 is 2.06 bits per heavy atom. The lowest BCUT2D eigenvalue weighted by atomic mass is 10.1. The van der Waals surface area contributed by atoms with Crippen LogP contribution >= 0.6 is 0 Å². The van der Waals surface area contributed by atoms with Crippen LogP contribution in [0.5, 0.6) is 5.75 Å². The van der Waals surface area contributed by atoms with Crippen molar-refractivity contribution in [2.75, 3.05) is 13.2 Å². The van der Waals surface area contributed by atoms with Gasteiger partial charge in [0.05, 0.1) is 12.2 Å². The zero-order chi connectivity index (χ0) is 13.4. The summed E-state index contributed by atoms with van der Waals surface area (Å²) in [7, 11) is 0. The van der Waals surface area contributed by atoms with E-state index in [0.717, 1.165) is 18.4 Å². The summed E-state index contributed by atoms with van der Waals surface area (Å²) < 4.78 is 5.50. The standard InChI is InChI=1S/C14H23NO3/c1-2-4-12(16)10-18-13-6-3-5-11(9-13)14(17)7-8-15/h3,5-6,9,12,14,16-17H,2,4,7-8,10,15H2,1H3. The Morgan fingerprint density at radius 3 is 2.72 bits per heavy atom. The van der Waals surface area contributed by atoms with Crippen molar-refractivity contribution in [2.45, 2.75) is 38.4 Å². The maximum absolute atomic E-state index is 9.82. The molecule has 0 aromatic heterocycles. The molecule has 0 bridgehead atoms. The zero-order valence-corrected chi connectivity index (χ0v) is 10.9. The molecule has 0 aliphatic carbocycles. The number of hydrogen-bond acceptors (Lipinski definition) is 4. The molecule has 2 atom stereocenters. The van der Waals surface area contributed by atoms with Crippen LogP contribution in [0.15, 0.2) is 24.3 Å². The second-order valence-corrected chi connectivity index (χ2v) is 4.42. The first-order valence-electron chi connectivity index (χ1n) is 6.46. The van der Waals surface area contributed by atoms with E-state index in [2.05, 4.69) is 0 Å². The third-order valence-corrected chi connectivity index (χ3v) is 2.75. The van der Waals surface area contributed by atoms with E-state index in [1.165, 1.54) is 0 Å². The molecule has 102 valence electrons. The molecule has 0 spiro atoms. The van der Waals surface area contributed by atoms with Gasteiger partial charge in [0.15, 0.2) is 0 Å². The summed E-state index contributed by atoms with van der Waals surface area (Å²) in [6, 6.07) is 7.28. The summed E-state index contributed by atoms with van der Waals surface area (Å²) in [6.45, 7) is 2.75. The molecule has 0 aliphatic rings. The summed E-state index contributed by atoms with van der Waals surface area (Å²) in [5.74, 6) is 0.665. The second-order valence-electron chi connectivity index (χ2n) is 4.42. The fourth-order valence-corrected chi connectivity index (χ4v) is 1.75. The van der Waals surface area contributed by atoms with Gasteiger partial charge in [-0.2, -0.15) is 0 Å². The highest BCUT2D eigenvalue weighted by atomic mass is 16.5. The Labute approximate surface area is 108 Å². The lowest BCUT2D eigenvalue weighted by molar-refractivity contribution is 0.0990. The monoisotopic (exact) mass is 253 g/mol. The molecule has 0 fully saturated rings. The molecule has 1 aromatic carbocycles. The van der Waals surface area contributed by atoms with Gasteiger partial charge in [-0.3, -0.25) is 0 Å². The lowest BCUT2D eigenvalue weighted by Gasteiger charge is -2.14. The van der Waals surface area contributed by atoms with Crippen LogP contribution in [0.1, 0.15) is 37.9 Å². The molecule has 4 nitrogen and oxygen atoms in total. The first-order chi connectivity index (χ1) is 8.67. The molecule has 1 rings (SSSR count). The predicted octanol–water partition coefficient (Wildman–Crippen LogP) is 1.61. The summed E-state index contributed by atoms with van der Waals surface area (Å²) in [4.78, 5) is 0. The van der Waals surface area contributed by atoms with Crippen molar-refractivity contribution in [3.63, 3.8) is 0 Å². The maximum atomic E-state index is 9.82. The largest absolute Gasteiger partial charge is 0.491 e. The predicted molar refractivity (Wildman–Crippen MR) is 71.5 cm³/mol. The number of nitrogens with two attached hydrogens (primary N) is 1. The van der Waals surface area contributed by atoms with E-state index in [4.69, 9.17) is 10.5 Å². The van der Waals surface area contributed by atoms with Crippen LogP contribution in [-0.2, 0) is 0 Å². The van der Waals surface area contributed by atoms with E-state index in [-0.39, 0.29) is 6.61 Å². The van der Waals surface area contributed by atoms with Crippen LogP contribution in [-0.4, -0.2) is 29.5 Å². The van der Waals surface area contributed by atoms with Gasteiger partial charge in [0, 0.05) is 0 Å². The summed E-state index contributed by atoms with van der Waals surface area (Å²) in [5, 5.41) is 19.4. The van der Waals surface area contributed by atoms with E-state index in [1.807, 2.05) is 25.1 Å². The fraction of sp³-hybridized carbons (Fsp3) is 0.571. The van der Waals surface area contributed by atoms with E-state index in [9.17, 15) is 10.2 Å². The SMILES string of the molecule is CCCC(O)COc1cccc(C(O)CCN)c1. The van der Waals surface area contributed by atoms with Crippen molar-refractivity contribution < 1.29 is 14.9 Å². The van der Waals surface area contributed by atoms with E-state index in [0.29, 0.717) is 18.7 Å². The van der Waals surface area contributed by atoms with Gasteiger partial charge in [0.1, 0.15) is 12.4 Å². The molecular weight excluding hydrogens is 230 g/mol. The molecular formula is C14H23NO3. The minimum Gasteiger partial charge on any atom is -0.491 e.